The Morgan fingerprint density at radius 1 is 1.12 bits per heavy atom. The molecule has 26 heavy (non-hydrogen) atoms. The lowest BCUT2D eigenvalue weighted by Crippen LogP contribution is -2.41. The van der Waals surface area contributed by atoms with E-state index in [2.05, 4.69) is 26.1 Å². The number of carbonyl (C=O) groups is 2. The fourth-order valence-corrected chi connectivity index (χ4v) is 2.27. The zero-order valence-electron chi connectivity index (χ0n) is 14.7. The van der Waals surface area contributed by atoms with Crippen LogP contribution in [-0.2, 0) is 6.42 Å². The summed E-state index contributed by atoms with van der Waals surface area (Å²) in [6, 6.07) is 6.45. The van der Waals surface area contributed by atoms with Crippen molar-refractivity contribution in [2.24, 2.45) is 0 Å². The molecule has 1 heterocycles. The Bertz CT molecular complexity index is 748. The Hall–Kier alpha value is -2.61. The quantitative estimate of drug-likeness (QED) is 0.608. The van der Waals surface area contributed by atoms with E-state index in [9.17, 15) is 9.59 Å². The molecule has 9 heteroatoms. The average Bonchev–Trinajstić information content (AvgIpc) is 3.08. The third-order valence-corrected chi connectivity index (χ3v) is 3.76. The van der Waals surface area contributed by atoms with Crippen LogP contribution in [0.4, 0.5) is 4.79 Å². The van der Waals surface area contributed by atoms with Gasteiger partial charge in [-0.05, 0) is 12.1 Å². The summed E-state index contributed by atoms with van der Waals surface area (Å²) in [5.41, 5.74) is 0.402. The first kappa shape index (κ1) is 19.7. The molecule has 0 saturated heterocycles. The van der Waals surface area contributed by atoms with Gasteiger partial charge in [0, 0.05) is 32.0 Å². The Balaban J connectivity index is 1.60. The van der Waals surface area contributed by atoms with E-state index in [1.807, 2.05) is 13.8 Å². The van der Waals surface area contributed by atoms with Crippen molar-refractivity contribution in [1.82, 2.24) is 26.1 Å². The van der Waals surface area contributed by atoms with Crippen LogP contribution in [0.5, 0.6) is 0 Å². The SMILES string of the molecule is CC(C)c1nc(CCNC(=O)NCCNC(=O)c2ccccc2Cl)no1. The summed E-state index contributed by atoms with van der Waals surface area (Å²) in [5.74, 6) is 1.03. The van der Waals surface area contributed by atoms with Crippen molar-refractivity contribution in [2.45, 2.75) is 26.2 Å². The third-order valence-electron chi connectivity index (χ3n) is 3.43. The van der Waals surface area contributed by atoms with Gasteiger partial charge in [0.25, 0.3) is 5.91 Å². The van der Waals surface area contributed by atoms with E-state index in [4.69, 9.17) is 16.1 Å². The first-order chi connectivity index (χ1) is 12.5. The van der Waals surface area contributed by atoms with Gasteiger partial charge in [-0.2, -0.15) is 4.98 Å². The van der Waals surface area contributed by atoms with Crippen LogP contribution in [0.25, 0.3) is 0 Å². The second-order valence-corrected chi connectivity index (χ2v) is 6.28. The molecule has 2 aromatic rings. The van der Waals surface area contributed by atoms with Crippen molar-refractivity contribution in [2.75, 3.05) is 19.6 Å². The number of nitrogens with one attached hydrogen (secondary N) is 3. The molecule has 0 saturated carbocycles. The van der Waals surface area contributed by atoms with Crippen LogP contribution >= 0.6 is 11.6 Å². The predicted molar refractivity (Wildman–Crippen MR) is 97.3 cm³/mol. The van der Waals surface area contributed by atoms with Crippen LogP contribution < -0.4 is 16.0 Å². The normalized spacial score (nSPS) is 10.6. The first-order valence-corrected chi connectivity index (χ1v) is 8.72. The summed E-state index contributed by atoms with van der Waals surface area (Å²) in [5, 5.41) is 12.3. The number of nitrogens with zero attached hydrogens (tertiary/aromatic N) is 2. The zero-order valence-corrected chi connectivity index (χ0v) is 15.5. The molecule has 0 radical (unpaired) electrons. The van der Waals surface area contributed by atoms with E-state index in [1.54, 1.807) is 24.3 Å². The van der Waals surface area contributed by atoms with Gasteiger partial charge in [-0.25, -0.2) is 4.79 Å². The molecule has 0 atom stereocenters. The van der Waals surface area contributed by atoms with Gasteiger partial charge in [0.1, 0.15) is 0 Å². The highest BCUT2D eigenvalue weighted by Gasteiger charge is 2.10. The number of halogens is 1. The highest BCUT2D eigenvalue weighted by Crippen LogP contribution is 2.14. The standard InChI is InChI=1S/C17H22ClN5O3/c1-11(2)16-22-14(23-26-16)7-8-20-17(25)21-10-9-19-15(24)12-5-3-4-6-13(12)18/h3-6,11H,7-10H2,1-2H3,(H,19,24)(H2,20,21,25). The molecule has 0 unspecified atom stereocenters. The van der Waals surface area contributed by atoms with E-state index in [-0.39, 0.29) is 17.9 Å². The molecule has 0 aliphatic carbocycles. The van der Waals surface area contributed by atoms with Gasteiger partial charge >= 0.3 is 6.03 Å². The molecule has 0 aliphatic rings. The van der Waals surface area contributed by atoms with E-state index in [0.29, 0.717) is 48.4 Å². The summed E-state index contributed by atoms with van der Waals surface area (Å²) in [6.45, 7) is 4.90. The van der Waals surface area contributed by atoms with Gasteiger partial charge in [-0.1, -0.05) is 42.7 Å². The molecule has 0 aliphatic heterocycles. The number of hydrogen-bond acceptors (Lipinski definition) is 5. The first-order valence-electron chi connectivity index (χ1n) is 8.34. The number of amides is 3. The molecule has 1 aromatic carbocycles. The largest absolute Gasteiger partial charge is 0.350 e. The van der Waals surface area contributed by atoms with Crippen molar-refractivity contribution in [3.05, 3.63) is 46.6 Å². The fourth-order valence-electron chi connectivity index (χ4n) is 2.05. The highest BCUT2D eigenvalue weighted by atomic mass is 35.5. The van der Waals surface area contributed by atoms with Crippen LogP contribution in [0, 0.1) is 0 Å². The smallest absolute Gasteiger partial charge is 0.314 e. The van der Waals surface area contributed by atoms with E-state index in [0.717, 1.165) is 0 Å². The minimum absolute atomic E-state index is 0.175. The maximum atomic E-state index is 11.9. The Morgan fingerprint density at radius 3 is 2.50 bits per heavy atom. The molecule has 0 fully saturated rings. The average molecular weight is 380 g/mol. The van der Waals surface area contributed by atoms with Crippen LogP contribution in [-0.4, -0.2) is 41.7 Å². The van der Waals surface area contributed by atoms with Gasteiger partial charge in [0.2, 0.25) is 5.89 Å². The topological polar surface area (TPSA) is 109 Å². The number of hydrogen-bond donors (Lipinski definition) is 3. The summed E-state index contributed by atoms with van der Waals surface area (Å²) in [6.07, 6.45) is 0.479. The van der Waals surface area contributed by atoms with Crippen molar-refractivity contribution < 1.29 is 14.1 Å². The molecule has 3 N–H and O–H groups in total. The minimum Gasteiger partial charge on any atom is -0.350 e. The summed E-state index contributed by atoms with van der Waals surface area (Å²) < 4.78 is 5.09. The minimum atomic E-state index is -0.329. The number of urea groups is 1. The lowest BCUT2D eigenvalue weighted by molar-refractivity contribution is 0.0954. The fraction of sp³-hybridized carbons (Fsp3) is 0.412. The predicted octanol–water partition coefficient (Wildman–Crippen LogP) is 2.12. The van der Waals surface area contributed by atoms with Gasteiger partial charge in [-0.15, -0.1) is 0 Å². The Morgan fingerprint density at radius 2 is 1.81 bits per heavy atom. The van der Waals surface area contributed by atoms with Crippen molar-refractivity contribution in [1.29, 1.82) is 0 Å². The molecule has 140 valence electrons. The molecule has 3 amide bonds. The molecule has 8 nitrogen and oxygen atoms in total. The Labute approximate surface area is 156 Å². The lowest BCUT2D eigenvalue weighted by Gasteiger charge is -2.08. The van der Waals surface area contributed by atoms with Crippen LogP contribution in [0.1, 0.15) is 41.8 Å². The van der Waals surface area contributed by atoms with E-state index in [1.165, 1.54) is 0 Å². The highest BCUT2D eigenvalue weighted by molar-refractivity contribution is 6.33. The number of aromatic nitrogens is 2. The second kappa shape index (κ2) is 9.76. The molecule has 0 bridgehead atoms. The molecule has 0 spiro atoms. The number of carbonyl (C=O) groups excluding carboxylic acids is 2. The number of rotatable bonds is 8. The van der Waals surface area contributed by atoms with Gasteiger partial charge in [0.05, 0.1) is 10.6 Å². The molecular weight excluding hydrogens is 358 g/mol. The summed E-state index contributed by atoms with van der Waals surface area (Å²) >= 11 is 5.95. The van der Waals surface area contributed by atoms with Crippen LogP contribution in [0.2, 0.25) is 5.02 Å². The van der Waals surface area contributed by atoms with Crippen molar-refractivity contribution in [3.63, 3.8) is 0 Å². The van der Waals surface area contributed by atoms with Crippen LogP contribution in [0.3, 0.4) is 0 Å². The monoisotopic (exact) mass is 379 g/mol. The summed E-state index contributed by atoms with van der Waals surface area (Å²) in [4.78, 5) is 27.9. The van der Waals surface area contributed by atoms with Crippen LogP contribution in [0.15, 0.2) is 28.8 Å². The maximum Gasteiger partial charge on any atom is 0.314 e. The molecule has 1 aromatic heterocycles. The van der Waals surface area contributed by atoms with Gasteiger partial charge in [0.15, 0.2) is 5.82 Å². The molecular formula is C17H22ClN5O3. The van der Waals surface area contributed by atoms with E-state index < -0.39 is 0 Å². The lowest BCUT2D eigenvalue weighted by atomic mass is 10.2. The third kappa shape index (κ3) is 6.03. The van der Waals surface area contributed by atoms with E-state index >= 15 is 0 Å². The Kier molecular flexibility index (Phi) is 7.40. The zero-order chi connectivity index (χ0) is 18.9. The van der Waals surface area contributed by atoms with Gasteiger partial charge < -0.3 is 20.5 Å². The van der Waals surface area contributed by atoms with Crippen molar-refractivity contribution in [3.8, 4) is 0 Å². The summed E-state index contributed by atoms with van der Waals surface area (Å²) in [7, 11) is 0. The number of benzene rings is 1. The second-order valence-electron chi connectivity index (χ2n) is 5.87. The van der Waals surface area contributed by atoms with Gasteiger partial charge in [-0.3, -0.25) is 4.79 Å². The van der Waals surface area contributed by atoms with Crippen molar-refractivity contribution >= 4 is 23.5 Å². The maximum absolute atomic E-state index is 11.9. The molecule has 2 rings (SSSR count).